The van der Waals surface area contributed by atoms with Crippen LogP contribution in [0, 0.1) is 5.82 Å². The van der Waals surface area contributed by atoms with Crippen molar-refractivity contribution < 1.29 is 18.7 Å². The first-order valence-corrected chi connectivity index (χ1v) is 10.3. The fourth-order valence-electron chi connectivity index (χ4n) is 3.99. The van der Waals surface area contributed by atoms with Gasteiger partial charge in [-0.05, 0) is 34.7 Å². The number of para-hydroxylation sites is 1. The van der Waals surface area contributed by atoms with Crippen molar-refractivity contribution in [3.8, 4) is 16.9 Å². The summed E-state index contributed by atoms with van der Waals surface area (Å²) in [5, 5.41) is 2.76. The SMILES string of the molecule is COc1c(F)cccc1C=CCCNC(=O)OCC1c2ccccc2-c2ccccc21. The summed E-state index contributed by atoms with van der Waals surface area (Å²) in [6.07, 6.45) is 3.78. The number of ether oxygens (including phenoxy) is 2. The second-order valence-electron chi connectivity index (χ2n) is 7.31. The minimum atomic E-state index is -0.446. The van der Waals surface area contributed by atoms with Crippen LogP contribution >= 0.6 is 0 Å². The van der Waals surface area contributed by atoms with Crippen LogP contribution in [0.2, 0.25) is 0 Å². The number of carbonyl (C=O) groups excluding carboxylic acids is 1. The molecular formula is C26H24FNO3. The first-order valence-electron chi connectivity index (χ1n) is 10.3. The Bertz CT molecular complexity index is 1060. The van der Waals surface area contributed by atoms with Crippen molar-refractivity contribution in [2.24, 2.45) is 0 Å². The summed E-state index contributed by atoms with van der Waals surface area (Å²) in [4.78, 5) is 12.2. The molecule has 0 aromatic heterocycles. The fourth-order valence-corrected chi connectivity index (χ4v) is 3.99. The van der Waals surface area contributed by atoms with Crippen LogP contribution in [0.3, 0.4) is 0 Å². The van der Waals surface area contributed by atoms with Gasteiger partial charge in [0.25, 0.3) is 0 Å². The van der Waals surface area contributed by atoms with Gasteiger partial charge in [0.1, 0.15) is 6.61 Å². The highest BCUT2D eigenvalue weighted by molar-refractivity contribution is 5.79. The van der Waals surface area contributed by atoms with Crippen LogP contribution in [-0.2, 0) is 4.74 Å². The molecule has 0 saturated heterocycles. The molecule has 1 N–H and O–H groups in total. The Hall–Kier alpha value is -3.60. The lowest BCUT2D eigenvalue weighted by Crippen LogP contribution is -2.26. The molecule has 0 unspecified atom stereocenters. The third kappa shape index (κ3) is 4.45. The van der Waals surface area contributed by atoms with Crippen LogP contribution in [0.15, 0.2) is 72.8 Å². The summed E-state index contributed by atoms with van der Waals surface area (Å²) in [7, 11) is 1.44. The van der Waals surface area contributed by atoms with E-state index in [0.29, 0.717) is 18.5 Å². The molecule has 5 heteroatoms. The Labute approximate surface area is 181 Å². The molecule has 158 valence electrons. The number of hydrogen-bond acceptors (Lipinski definition) is 3. The monoisotopic (exact) mass is 417 g/mol. The Morgan fingerprint density at radius 2 is 1.68 bits per heavy atom. The summed E-state index contributed by atoms with van der Waals surface area (Å²) >= 11 is 0. The quantitative estimate of drug-likeness (QED) is 0.496. The van der Waals surface area contributed by atoms with Gasteiger partial charge in [-0.15, -0.1) is 0 Å². The van der Waals surface area contributed by atoms with E-state index in [4.69, 9.17) is 9.47 Å². The van der Waals surface area contributed by atoms with Gasteiger partial charge in [-0.1, -0.05) is 72.8 Å². The van der Waals surface area contributed by atoms with E-state index in [1.165, 1.54) is 35.4 Å². The number of amides is 1. The second-order valence-corrected chi connectivity index (χ2v) is 7.31. The first kappa shape index (κ1) is 20.7. The maximum atomic E-state index is 13.7. The van der Waals surface area contributed by atoms with E-state index in [2.05, 4.69) is 29.6 Å². The van der Waals surface area contributed by atoms with E-state index in [-0.39, 0.29) is 18.3 Å². The van der Waals surface area contributed by atoms with Gasteiger partial charge in [0.15, 0.2) is 11.6 Å². The van der Waals surface area contributed by atoms with Crippen molar-refractivity contribution in [1.82, 2.24) is 5.32 Å². The van der Waals surface area contributed by atoms with Crippen LogP contribution in [0.5, 0.6) is 5.75 Å². The molecule has 0 fully saturated rings. The highest BCUT2D eigenvalue weighted by Gasteiger charge is 2.28. The molecule has 4 rings (SSSR count). The van der Waals surface area contributed by atoms with Crippen molar-refractivity contribution >= 4 is 12.2 Å². The number of alkyl carbamates (subject to hydrolysis) is 1. The molecule has 0 radical (unpaired) electrons. The Morgan fingerprint density at radius 1 is 1.00 bits per heavy atom. The minimum absolute atomic E-state index is 0.0403. The highest BCUT2D eigenvalue weighted by atomic mass is 19.1. The van der Waals surface area contributed by atoms with E-state index >= 15 is 0 Å². The van der Waals surface area contributed by atoms with E-state index < -0.39 is 11.9 Å². The summed E-state index contributed by atoms with van der Waals surface area (Å²) in [6, 6.07) is 21.2. The van der Waals surface area contributed by atoms with Crippen molar-refractivity contribution in [2.75, 3.05) is 20.3 Å². The van der Waals surface area contributed by atoms with Gasteiger partial charge in [-0.2, -0.15) is 0 Å². The number of fused-ring (bicyclic) bond motifs is 3. The predicted octanol–water partition coefficient (Wildman–Crippen LogP) is 5.78. The highest BCUT2D eigenvalue weighted by Crippen LogP contribution is 2.44. The molecule has 1 amide bonds. The Balaban J connectivity index is 1.28. The summed E-state index contributed by atoms with van der Waals surface area (Å²) in [5.41, 5.74) is 5.42. The molecule has 0 atom stereocenters. The van der Waals surface area contributed by atoms with Crippen molar-refractivity contribution in [3.63, 3.8) is 0 Å². The molecular weight excluding hydrogens is 393 g/mol. The van der Waals surface area contributed by atoms with E-state index in [0.717, 1.165) is 0 Å². The molecule has 3 aromatic carbocycles. The summed E-state index contributed by atoms with van der Waals surface area (Å²) in [5.74, 6) is -0.150. The maximum Gasteiger partial charge on any atom is 0.407 e. The smallest absolute Gasteiger partial charge is 0.407 e. The normalized spacial score (nSPS) is 12.5. The summed E-state index contributed by atoms with van der Waals surface area (Å²) in [6.45, 7) is 0.709. The van der Waals surface area contributed by atoms with Crippen LogP contribution in [0.4, 0.5) is 9.18 Å². The Morgan fingerprint density at radius 3 is 2.35 bits per heavy atom. The van der Waals surface area contributed by atoms with Gasteiger partial charge in [-0.25, -0.2) is 9.18 Å². The number of rotatable bonds is 7. The average Bonchev–Trinajstić information content (AvgIpc) is 3.11. The lowest BCUT2D eigenvalue weighted by molar-refractivity contribution is 0.143. The number of halogens is 1. The number of hydrogen-bond donors (Lipinski definition) is 1. The molecule has 1 aliphatic rings. The van der Waals surface area contributed by atoms with Crippen molar-refractivity contribution in [2.45, 2.75) is 12.3 Å². The Kier molecular flexibility index (Phi) is 6.32. The number of methoxy groups -OCH3 is 1. The van der Waals surface area contributed by atoms with Gasteiger partial charge < -0.3 is 14.8 Å². The predicted molar refractivity (Wildman–Crippen MR) is 120 cm³/mol. The summed E-state index contributed by atoms with van der Waals surface area (Å²) < 4.78 is 24.3. The molecule has 0 bridgehead atoms. The van der Waals surface area contributed by atoms with Crippen LogP contribution in [0.1, 0.15) is 29.0 Å². The molecule has 4 nitrogen and oxygen atoms in total. The molecule has 0 aliphatic heterocycles. The number of carbonyl (C=O) groups is 1. The third-order valence-electron chi connectivity index (χ3n) is 5.42. The number of benzene rings is 3. The van der Waals surface area contributed by atoms with E-state index in [9.17, 15) is 9.18 Å². The van der Waals surface area contributed by atoms with Gasteiger partial charge in [0.05, 0.1) is 7.11 Å². The van der Waals surface area contributed by atoms with E-state index in [1.54, 1.807) is 18.2 Å². The van der Waals surface area contributed by atoms with Gasteiger partial charge in [0.2, 0.25) is 0 Å². The maximum absolute atomic E-state index is 13.7. The molecule has 0 heterocycles. The molecule has 3 aromatic rings. The minimum Gasteiger partial charge on any atom is -0.493 e. The average molecular weight is 417 g/mol. The van der Waals surface area contributed by atoms with Crippen LogP contribution < -0.4 is 10.1 Å². The topological polar surface area (TPSA) is 47.6 Å². The molecule has 31 heavy (non-hydrogen) atoms. The van der Waals surface area contributed by atoms with Gasteiger partial charge in [-0.3, -0.25) is 0 Å². The third-order valence-corrected chi connectivity index (χ3v) is 5.42. The second kappa shape index (κ2) is 9.47. The van der Waals surface area contributed by atoms with E-state index in [1.807, 2.05) is 30.3 Å². The zero-order valence-electron chi connectivity index (χ0n) is 17.3. The van der Waals surface area contributed by atoms with Gasteiger partial charge >= 0.3 is 6.09 Å². The van der Waals surface area contributed by atoms with Crippen LogP contribution in [-0.4, -0.2) is 26.4 Å². The number of nitrogens with one attached hydrogen (secondary N) is 1. The van der Waals surface area contributed by atoms with Crippen molar-refractivity contribution in [1.29, 1.82) is 0 Å². The zero-order valence-corrected chi connectivity index (χ0v) is 17.3. The lowest BCUT2D eigenvalue weighted by atomic mass is 9.98. The molecule has 0 spiro atoms. The largest absolute Gasteiger partial charge is 0.493 e. The zero-order chi connectivity index (χ0) is 21.6. The van der Waals surface area contributed by atoms with Gasteiger partial charge in [0, 0.05) is 18.0 Å². The lowest BCUT2D eigenvalue weighted by Gasteiger charge is -2.14. The van der Waals surface area contributed by atoms with Crippen molar-refractivity contribution in [3.05, 3.63) is 95.3 Å². The van der Waals surface area contributed by atoms with Crippen LogP contribution in [0.25, 0.3) is 17.2 Å². The fraction of sp³-hybridized carbons (Fsp3) is 0.192. The first-order chi connectivity index (χ1) is 15.2. The molecule has 0 saturated carbocycles. The standard InChI is InChI=1S/C26H24FNO3/c1-30-25-18(10-8-15-24(25)27)9-6-7-16-28-26(29)31-17-23-21-13-4-2-11-19(21)20-12-3-5-14-22(20)23/h2-6,8-15,23H,7,16-17H2,1H3,(H,28,29). The molecule has 1 aliphatic carbocycles.